The minimum Gasteiger partial charge on any atom is -0.336 e. The number of carbonyl (C=O) groups is 4. The van der Waals surface area contributed by atoms with Crippen LogP contribution in [-0.2, 0) is 14.4 Å². The molecular weight excluding hydrogens is 336 g/mol. The summed E-state index contributed by atoms with van der Waals surface area (Å²) in [6.45, 7) is 6.54. The lowest BCUT2D eigenvalue weighted by Crippen LogP contribution is -2.53. The topological polar surface area (TPSA) is 111 Å². The van der Waals surface area contributed by atoms with Crippen molar-refractivity contribution in [3.05, 3.63) is 0 Å². The molecule has 0 aromatic heterocycles. The molecule has 0 spiro atoms. The molecular formula is C18H26N4O4. The predicted molar refractivity (Wildman–Crippen MR) is 92.4 cm³/mol. The molecule has 142 valence electrons. The Balaban J connectivity index is 2.12. The van der Waals surface area contributed by atoms with Crippen LogP contribution in [0.2, 0.25) is 0 Å². The highest BCUT2D eigenvalue weighted by molar-refractivity contribution is 6.45. The zero-order valence-corrected chi connectivity index (χ0v) is 15.7. The highest BCUT2D eigenvalue weighted by Gasteiger charge is 2.49. The van der Waals surface area contributed by atoms with Gasteiger partial charge in [0.25, 0.3) is 0 Å². The van der Waals surface area contributed by atoms with Crippen LogP contribution in [0.4, 0.5) is 4.79 Å². The van der Waals surface area contributed by atoms with E-state index in [1.807, 2.05) is 13.0 Å². The molecule has 1 saturated heterocycles. The summed E-state index contributed by atoms with van der Waals surface area (Å²) < 4.78 is 0. The number of nitrogens with one attached hydrogen (secondary N) is 1. The van der Waals surface area contributed by atoms with E-state index in [1.165, 1.54) is 0 Å². The van der Waals surface area contributed by atoms with Gasteiger partial charge in [-0.2, -0.15) is 5.26 Å². The average molecular weight is 362 g/mol. The van der Waals surface area contributed by atoms with E-state index in [4.69, 9.17) is 0 Å². The number of hydrogen-bond donors (Lipinski definition) is 1. The molecule has 1 aliphatic heterocycles. The first-order valence-corrected chi connectivity index (χ1v) is 9.03. The number of nitriles is 1. The fraction of sp³-hybridized carbons (Fsp3) is 0.722. The number of rotatable bonds is 5. The Labute approximate surface area is 153 Å². The number of amides is 5. The van der Waals surface area contributed by atoms with E-state index in [-0.39, 0.29) is 17.9 Å². The van der Waals surface area contributed by atoms with E-state index in [0.717, 1.165) is 24.2 Å². The second-order valence-corrected chi connectivity index (χ2v) is 7.70. The van der Waals surface area contributed by atoms with E-state index >= 15 is 0 Å². The molecule has 5 amide bonds. The van der Waals surface area contributed by atoms with Crippen LogP contribution < -0.4 is 5.32 Å². The molecule has 26 heavy (non-hydrogen) atoms. The summed E-state index contributed by atoms with van der Waals surface area (Å²) in [7, 11) is 0. The number of carbonyl (C=O) groups excluding carboxylic acids is 4. The van der Waals surface area contributed by atoms with Crippen molar-refractivity contribution in [3.8, 4) is 6.07 Å². The van der Waals surface area contributed by atoms with Gasteiger partial charge in [-0.05, 0) is 31.6 Å². The lowest BCUT2D eigenvalue weighted by molar-refractivity contribution is -0.145. The van der Waals surface area contributed by atoms with E-state index < -0.39 is 35.8 Å². The second-order valence-electron chi connectivity index (χ2n) is 7.70. The Morgan fingerprint density at radius 2 is 1.88 bits per heavy atom. The second kappa shape index (κ2) is 7.44. The number of hydrogen-bond acceptors (Lipinski definition) is 5. The van der Waals surface area contributed by atoms with Crippen molar-refractivity contribution in [3.63, 3.8) is 0 Å². The highest BCUT2D eigenvalue weighted by Crippen LogP contribution is 2.31. The van der Waals surface area contributed by atoms with Gasteiger partial charge in [-0.25, -0.2) is 9.69 Å². The van der Waals surface area contributed by atoms with Crippen molar-refractivity contribution in [2.24, 2.45) is 11.8 Å². The SMILES string of the molecule is CC(C)[C@](C)(C#N)NC(=O)CN1C(=O)C(=O)N([C@@H]2CCCC[C@H]2C)C1=O. The van der Waals surface area contributed by atoms with Crippen LogP contribution in [0.15, 0.2) is 0 Å². The van der Waals surface area contributed by atoms with Crippen LogP contribution >= 0.6 is 0 Å². The van der Waals surface area contributed by atoms with Crippen molar-refractivity contribution in [1.29, 1.82) is 5.26 Å². The van der Waals surface area contributed by atoms with Crippen LogP contribution in [0.25, 0.3) is 0 Å². The van der Waals surface area contributed by atoms with E-state index in [2.05, 4.69) is 5.32 Å². The van der Waals surface area contributed by atoms with Crippen molar-refractivity contribution >= 4 is 23.8 Å². The molecule has 8 heteroatoms. The van der Waals surface area contributed by atoms with Crippen molar-refractivity contribution in [2.75, 3.05) is 6.54 Å². The molecule has 0 radical (unpaired) electrons. The van der Waals surface area contributed by atoms with Gasteiger partial charge in [-0.1, -0.05) is 33.6 Å². The van der Waals surface area contributed by atoms with E-state index in [0.29, 0.717) is 11.3 Å². The quantitative estimate of drug-likeness (QED) is 0.587. The molecule has 2 aliphatic rings. The predicted octanol–water partition coefficient (Wildman–Crippen LogP) is 1.41. The van der Waals surface area contributed by atoms with Gasteiger partial charge >= 0.3 is 17.8 Å². The third-order valence-electron chi connectivity index (χ3n) is 5.57. The van der Waals surface area contributed by atoms with Crippen LogP contribution in [-0.4, -0.2) is 51.7 Å². The van der Waals surface area contributed by atoms with Crippen LogP contribution in [0.5, 0.6) is 0 Å². The maximum atomic E-state index is 12.6. The van der Waals surface area contributed by atoms with Gasteiger partial charge in [0, 0.05) is 6.04 Å². The minimum absolute atomic E-state index is 0.126. The Kier molecular flexibility index (Phi) is 5.69. The van der Waals surface area contributed by atoms with Gasteiger partial charge in [-0.15, -0.1) is 0 Å². The van der Waals surface area contributed by atoms with Gasteiger partial charge in [0.1, 0.15) is 12.1 Å². The van der Waals surface area contributed by atoms with Crippen LogP contribution in [0.1, 0.15) is 53.4 Å². The third kappa shape index (κ3) is 3.57. The first kappa shape index (κ1) is 19.9. The molecule has 0 aromatic carbocycles. The van der Waals surface area contributed by atoms with Gasteiger partial charge in [-0.3, -0.25) is 19.3 Å². The molecule has 0 unspecified atom stereocenters. The Morgan fingerprint density at radius 1 is 1.27 bits per heavy atom. The van der Waals surface area contributed by atoms with Crippen LogP contribution in [0, 0.1) is 23.2 Å². The molecule has 2 rings (SSSR count). The fourth-order valence-electron chi connectivity index (χ4n) is 3.41. The summed E-state index contributed by atoms with van der Waals surface area (Å²) in [6, 6.07) is 0.990. The lowest BCUT2D eigenvalue weighted by atomic mass is 9.85. The molecule has 1 N–H and O–H groups in total. The standard InChI is InChI=1S/C18H26N4O4/c1-11(2)18(4,10-19)20-14(23)9-21-15(24)16(25)22(17(21)26)13-8-6-5-7-12(13)3/h11-13H,5-9H2,1-4H3,(H,20,23)/t12-,13-,18+/m1/s1. The molecule has 0 bridgehead atoms. The summed E-state index contributed by atoms with van der Waals surface area (Å²) in [4.78, 5) is 51.2. The fourth-order valence-corrected chi connectivity index (χ4v) is 3.41. The minimum atomic E-state index is -1.12. The van der Waals surface area contributed by atoms with E-state index in [9.17, 15) is 24.4 Å². The highest BCUT2D eigenvalue weighted by atomic mass is 16.2. The van der Waals surface area contributed by atoms with Crippen molar-refractivity contribution in [1.82, 2.24) is 15.1 Å². The first-order chi connectivity index (χ1) is 12.1. The molecule has 3 atom stereocenters. The zero-order chi connectivity index (χ0) is 19.6. The smallest absolute Gasteiger partial charge is 0.334 e. The summed E-state index contributed by atoms with van der Waals surface area (Å²) in [6.07, 6.45) is 3.50. The molecule has 1 saturated carbocycles. The lowest BCUT2D eigenvalue weighted by Gasteiger charge is -2.34. The normalized spacial score (nSPS) is 26.1. The monoisotopic (exact) mass is 362 g/mol. The first-order valence-electron chi connectivity index (χ1n) is 9.03. The van der Waals surface area contributed by atoms with E-state index in [1.54, 1.807) is 20.8 Å². The average Bonchev–Trinajstić information content (AvgIpc) is 2.79. The van der Waals surface area contributed by atoms with Crippen molar-refractivity contribution < 1.29 is 19.2 Å². The Hall–Kier alpha value is -2.43. The summed E-state index contributed by atoms with van der Waals surface area (Å²) in [5, 5.41) is 11.8. The van der Waals surface area contributed by atoms with Gasteiger partial charge < -0.3 is 5.32 Å². The molecule has 1 aliphatic carbocycles. The largest absolute Gasteiger partial charge is 0.336 e. The summed E-state index contributed by atoms with van der Waals surface area (Å²) in [5.41, 5.74) is -1.12. The molecule has 2 fully saturated rings. The maximum Gasteiger partial charge on any atom is 0.334 e. The Morgan fingerprint density at radius 3 is 2.42 bits per heavy atom. The van der Waals surface area contributed by atoms with Crippen LogP contribution in [0.3, 0.4) is 0 Å². The number of nitrogens with zero attached hydrogens (tertiary/aromatic N) is 3. The number of urea groups is 1. The molecule has 1 heterocycles. The maximum absolute atomic E-state index is 12.6. The van der Waals surface area contributed by atoms with Gasteiger partial charge in [0.2, 0.25) is 5.91 Å². The van der Waals surface area contributed by atoms with Gasteiger partial charge in [0.15, 0.2) is 0 Å². The summed E-state index contributed by atoms with van der Waals surface area (Å²) >= 11 is 0. The molecule has 8 nitrogen and oxygen atoms in total. The zero-order valence-electron chi connectivity index (χ0n) is 15.7. The summed E-state index contributed by atoms with van der Waals surface area (Å²) in [5.74, 6) is -2.53. The van der Waals surface area contributed by atoms with Crippen molar-refractivity contribution in [2.45, 2.75) is 65.0 Å². The van der Waals surface area contributed by atoms with Gasteiger partial charge in [0.05, 0.1) is 6.07 Å². The number of imide groups is 2. The Bertz CT molecular complexity index is 669. The third-order valence-corrected chi connectivity index (χ3v) is 5.57. The molecule has 0 aromatic rings.